The predicted octanol–water partition coefficient (Wildman–Crippen LogP) is 2.61. The Morgan fingerprint density at radius 3 is 2.19 bits per heavy atom. The van der Waals surface area contributed by atoms with Crippen LogP contribution in [0.2, 0.25) is 0 Å². The Labute approximate surface area is 129 Å². The fourth-order valence-electron chi connectivity index (χ4n) is 2.67. The number of rotatable bonds is 11. The Hall–Kier alpha value is -1.12. The van der Waals surface area contributed by atoms with E-state index in [1.165, 1.54) is 0 Å². The van der Waals surface area contributed by atoms with Gasteiger partial charge in [-0.25, -0.2) is 0 Å². The first-order valence-electron chi connectivity index (χ1n) is 7.73. The maximum absolute atomic E-state index is 13.0. The van der Waals surface area contributed by atoms with E-state index < -0.39 is 5.41 Å². The molecule has 122 valence electrons. The van der Waals surface area contributed by atoms with Crippen molar-refractivity contribution in [3.8, 4) is 6.07 Å². The van der Waals surface area contributed by atoms with E-state index >= 15 is 0 Å². The molecule has 5 heteroatoms. The number of carbonyl (C=O) groups is 1. The van der Waals surface area contributed by atoms with E-state index in [0.717, 1.165) is 12.8 Å². The molecule has 0 heterocycles. The van der Waals surface area contributed by atoms with Gasteiger partial charge in [-0.15, -0.1) is 0 Å². The second-order valence-corrected chi connectivity index (χ2v) is 5.49. The highest BCUT2D eigenvalue weighted by Crippen LogP contribution is 2.32. The van der Waals surface area contributed by atoms with Crippen LogP contribution < -0.4 is 0 Å². The monoisotopic (exact) mass is 298 g/mol. The molecule has 0 bridgehead atoms. The molecule has 0 radical (unpaired) electrons. The highest BCUT2D eigenvalue weighted by Gasteiger charge is 2.41. The minimum absolute atomic E-state index is 0.0703. The number of methoxy groups -OCH3 is 2. The summed E-state index contributed by atoms with van der Waals surface area (Å²) in [4.78, 5) is 14.7. The van der Waals surface area contributed by atoms with Crippen molar-refractivity contribution < 1.29 is 14.3 Å². The summed E-state index contributed by atoms with van der Waals surface area (Å²) in [7, 11) is 3.23. The van der Waals surface area contributed by atoms with Crippen molar-refractivity contribution in [2.45, 2.75) is 52.5 Å². The van der Waals surface area contributed by atoms with Crippen molar-refractivity contribution >= 4 is 5.91 Å². The first-order valence-corrected chi connectivity index (χ1v) is 7.73. The Kier molecular flexibility index (Phi) is 10.0. The lowest BCUT2D eigenvalue weighted by molar-refractivity contribution is -0.143. The van der Waals surface area contributed by atoms with E-state index in [1.807, 2.05) is 20.8 Å². The van der Waals surface area contributed by atoms with Crippen LogP contribution in [0.15, 0.2) is 0 Å². The van der Waals surface area contributed by atoms with Gasteiger partial charge < -0.3 is 14.4 Å². The van der Waals surface area contributed by atoms with E-state index in [2.05, 4.69) is 6.07 Å². The van der Waals surface area contributed by atoms with Gasteiger partial charge in [0.05, 0.1) is 25.3 Å². The normalized spacial score (nSPS) is 12.8. The number of ether oxygens (including phenoxy) is 2. The molecule has 1 unspecified atom stereocenters. The molecule has 0 saturated heterocycles. The van der Waals surface area contributed by atoms with Gasteiger partial charge in [-0.3, -0.25) is 4.79 Å². The first kappa shape index (κ1) is 19.9. The Morgan fingerprint density at radius 1 is 1.24 bits per heavy atom. The van der Waals surface area contributed by atoms with Gasteiger partial charge in [0.25, 0.3) is 0 Å². The third-order valence-electron chi connectivity index (χ3n) is 3.71. The number of amides is 1. The molecule has 5 nitrogen and oxygen atoms in total. The molecule has 0 aliphatic heterocycles. The van der Waals surface area contributed by atoms with Crippen molar-refractivity contribution in [1.29, 1.82) is 5.26 Å². The van der Waals surface area contributed by atoms with Gasteiger partial charge in [-0.1, -0.05) is 26.7 Å². The molecule has 0 N–H and O–H groups in total. The van der Waals surface area contributed by atoms with Crippen LogP contribution in [-0.2, 0) is 14.3 Å². The third-order valence-corrected chi connectivity index (χ3v) is 3.71. The standard InChI is InChI=1S/C16H30N2O3/c1-6-8-16(13-17,9-7-2)15(19)18(10-11-20-4)14(3)12-21-5/h14H,6-12H2,1-5H3. The fraction of sp³-hybridized carbons (Fsp3) is 0.875. The first-order chi connectivity index (χ1) is 10.0. The van der Waals surface area contributed by atoms with Crippen LogP contribution in [0.5, 0.6) is 0 Å². The highest BCUT2D eigenvalue weighted by molar-refractivity contribution is 5.85. The van der Waals surface area contributed by atoms with Crippen LogP contribution in [0.25, 0.3) is 0 Å². The van der Waals surface area contributed by atoms with Crippen LogP contribution in [0.3, 0.4) is 0 Å². The van der Waals surface area contributed by atoms with Crippen LogP contribution in [0, 0.1) is 16.7 Å². The summed E-state index contributed by atoms with van der Waals surface area (Å²) in [5.41, 5.74) is -0.917. The van der Waals surface area contributed by atoms with E-state index in [1.54, 1.807) is 19.1 Å². The number of hydrogen-bond acceptors (Lipinski definition) is 4. The summed E-state index contributed by atoms with van der Waals surface area (Å²) in [5.74, 6) is -0.0877. The van der Waals surface area contributed by atoms with Crippen LogP contribution in [-0.4, -0.2) is 50.8 Å². The molecule has 0 saturated carbocycles. The Morgan fingerprint density at radius 2 is 1.81 bits per heavy atom. The number of hydrogen-bond donors (Lipinski definition) is 0. The van der Waals surface area contributed by atoms with E-state index in [0.29, 0.717) is 32.6 Å². The van der Waals surface area contributed by atoms with Crippen molar-refractivity contribution in [2.24, 2.45) is 5.41 Å². The molecule has 0 aliphatic rings. The van der Waals surface area contributed by atoms with Gasteiger partial charge in [0.15, 0.2) is 0 Å². The summed E-state index contributed by atoms with van der Waals surface area (Å²) in [6.07, 6.45) is 2.82. The molecule has 1 amide bonds. The topological polar surface area (TPSA) is 62.6 Å². The molecule has 0 fully saturated rings. The zero-order valence-electron chi connectivity index (χ0n) is 14.1. The third kappa shape index (κ3) is 5.64. The van der Waals surface area contributed by atoms with Gasteiger partial charge in [0, 0.05) is 20.8 Å². The molecule has 0 aromatic heterocycles. The average molecular weight is 298 g/mol. The lowest BCUT2D eigenvalue weighted by atomic mass is 9.79. The maximum Gasteiger partial charge on any atom is 0.243 e. The number of nitrogens with zero attached hydrogens (tertiary/aromatic N) is 2. The van der Waals surface area contributed by atoms with Gasteiger partial charge in [-0.2, -0.15) is 5.26 Å². The zero-order chi connectivity index (χ0) is 16.3. The van der Waals surface area contributed by atoms with Gasteiger partial charge in [-0.05, 0) is 19.8 Å². The van der Waals surface area contributed by atoms with Crippen molar-refractivity contribution in [1.82, 2.24) is 4.90 Å². The Balaban J connectivity index is 5.31. The molecule has 0 aromatic rings. The van der Waals surface area contributed by atoms with Crippen LogP contribution >= 0.6 is 0 Å². The van der Waals surface area contributed by atoms with E-state index in [9.17, 15) is 10.1 Å². The SMILES string of the molecule is CCCC(C#N)(CCC)C(=O)N(CCOC)C(C)COC. The minimum atomic E-state index is -0.917. The van der Waals surface area contributed by atoms with Gasteiger partial charge in [0.1, 0.15) is 5.41 Å². The van der Waals surface area contributed by atoms with E-state index in [4.69, 9.17) is 9.47 Å². The summed E-state index contributed by atoms with van der Waals surface area (Å²) in [5, 5.41) is 9.64. The van der Waals surface area contributed by atoms with Crippen molar-refractivity contribution in [3.05, 3.63) is 0 Å². The summed E-state index contributed by atoms with van der Waals surface area (Å²) < 4.78 is 10.3. The average Bonchev–Trinajstić information content (AvgIpc) is 2.47. The largest absolute Gasteiger partial charge is 0.383 e. The number of nitriles is 1. The minimum Gasteiger partial charge on any atom is -0.383 e. The van der Waals surface area contributed by atoms with Crippen molar-refractivity contribution in [2.75, 3.05) is 34.0 Å². The molecule has 0 aliphatic carbocycles. The smallest absolute Gasteiger partial charge is 0.243 e. The zero-order valence-corrected chi connectivity index (χ0v) is 14.1. The molecule has 1 atom stereocenters. The molecule has 0 rings (SSSR count). The summed E-state index contributed by atoms with van der Waals surface area (Å²) >= 11 is 0. The van der Waals surface area contributed by atoms with Crippen LogP contribution in [0.4, 0.5) is 0 Å². The maximum atomic E-state index is 13.0. The highest BCUT2D eigenvalue weighted by atomic mass is 16.5. The van der Waals surface area contributed by atoms with Gasteiger partial charge in [0.2, 0.25) is 5.91 Å². The second-order valence-electron chi connectivity index (χ2n) is 5.49. The lowest BCUT2D eigenvalue weighted by Crippen LogP contribution is -2.50. The van der Waals surface area contributed by atoms with Crippen molar-refractivity contribution in [3.63, 3.8) is 0 Å². The molecule has 0 aromatic carbocycles. The molecular weight excluding hydrogens is 268 g/mol. The van der Waals surface area contributed by atoms with E-state index in [-0.39, 0.29) is 11.9 Å². The number of carbonyl (C=O) groups excluding carboxylic acids is 1. The molecular formula is C16H30N2O3. The summed E-state index contributed by atoms with van der Waals surface area (Å²) in [6.45, 7) is 7.35. The second kappa shape index (κ2) is 10.6. The quantitative estimate of drug-likeness (QED) is 0.588. The Bertz CT molecular complexity index is 333. The fourth-order valence-corrected chi connectivity index (χ4v) is 2.67. The predicted molar refractivity (Wildman–Crippen MR) is 82.8 cm³/mol. The lowest BCUT2D eigenvalue weighted by Gasteiger charge is -2.36. The molecule has 0 spiro atoms. The summed E-state index contributed by atoms with van der Waals surface area (Å²) in [6, 6.07) is 2.23. The van der Waals surface area contributed by atoms with Gasteiger partial charge >= 0.3 is 0 Å². The molecule has 21 heavy (non-hydrogen) atoms. The van der Waals surface area contributed by atoms with Crippen LogP contribution in [0.1, 0.15) is 46.5 Å².